The SMILES string of the molecule is CC(C)COCC(O)CNC(=O)Nc1ccccc1Br. The van der Waals surface area contributed by atoms with Crippen LogP contribution in [0.2, 0.25) is 0 Å². The summed E-state index contributed by atoms with van der Waals surface area (Å²) in [7, 11) is 0. The fourth-order valence-corrected chi connectivity index (χ4v) is 1.82. The zero-order valence-electron chi connectivity index (χ0n) is 11.7. The quantitative estimate of drug-likeness (QED) is 0.711. The van der Waals surface area contributed by atoms with E-state index >= 15 is 0 Å². The van der Waals surface area contributed by atoms with Crippen LogP contribution in [0.15, 0.2) is 28.7 Å². The Morgan fingerprint density at radius 2 is 2.05 bits per heavy atom. The zero-order valence-corrected chi connectivity index (χ0v) is 13.3. The number of anilines is 1. The van der Waals surface area contributed by atoms with Gasteiger partial charge < -0.3 is 20.5 Å². The van der Waals surface area contributed by atoms with Crippen molar-refractivity contribution in [1.82, 2.24) is 5.32 Å². The molecular weight excluding hydrogens is 324 g/mol. The molecule has 0 saturated carbocycles. The summed E-state index contributed by atoms with van der Waals surface area (Å²) in [5, 5.41) is 14.9. The number of halogens is 1. The Hall–Kier alpha value is -1.11. The molecule has 0 spiro atoms. The first-order chi connectivity index (χ1) is 9.49. The molecule has 112 valence electrons. The number of aliphatic hydroxyl groups is 1. The van der Waals surface area contributed by atoms with E-state index in [0.717, 1.165) is 4.47 Å². The van der Waals surface area contributed by atoms with Gasteiger partial charge in [-0.05, 0) is 34.0 Å². The monoisotopic (exact) mass is 344 g/mol. The lowest BCUT2D eigenvalue weighted by atomic mass is 10.2. The molecule has 1 rings (SSSR count). The number of urea groups is 1. The molecule has 0 aliphatic rings. The van der Waals surface area contributed by atoms with E-state index < -0.39 is 6.10 Å². The van der Waals surface area contributed by atoms with Crippen LogP contribution in [0.4, 0.5) is 10.5 Å². The molecule has 0 radical (unpaired) electrons. The number of carbonyl (C=O) groups excluding carboxylic acids is 1. The molecule has 3 N–H and O–H groups in total. The molecular formula is C14H21BrN2O3. The van der Waals surface area contributed by atoms with Gasteiger partial charge in [0.25, 0.3) is 0 Å². The predicted molar refractivity (Wildman–Crippen MR) is 82.8 cm³/mol. The number of carbonyl (C=O) groups is 1. The van der Waals surface area contributed by atoms with Crippen LogP contribution in [-0.4, -0.2) is 37.0 Å². The highest BCUT2D eigenvalue weighted by Gasteiger charge is 2.08. The van der Waals surface area contributed by atoms with Gasteiger partial charge in [0.05, 0.1) is 18.4 Å². The molecule has 0 aliphatic carbocycles. The Morgan fingerprint density at radius 3 is 2.70 bits per heavy atom. The van der Waals surface area contributed by atoms with E-state index in [4.69, 9.17) is 4.74 Å². The Bertz CT molecular complexity index is 427. The molecule has 6 heteroatoms. The maximum absolute atomic E-state index is 11.7. The summed E-state index contributed by atoms with van der Waals surface area (Å²) in [4.78, 5) is 11.7. The van der Waals surface area contributed by atoms with Crippen molar-refractivity contribution < 1.29 is 14.6 Å². The van der Waals surface area contributed by atoms with E-state index in [1.807, 2.05) is 32.0 Å². The summed E-state index contributed by atoms with van der Waals surface area (Å²) in [6.07, 6.45) is -0.710. The lowest BCUT2D eigenvalue weighted by Crippen LogP contribution is -2.37. The van der Waals surface area contributed by atoms with Crippen molar-refractivity contribution in [2.45, 2.75) is 20.0 Å². The van der Waals surface area contributed by atoms with E-state index in [9.17, 15) is 9.90 Å². The van der Waals surface area contributed by atoms with Crippen molar-refractivity contribution in [3.63, 3.8) is 0 Å². The molecule has 1 atom stereocenters. The maximum atomic E-state index is 11.7. The van der Waals surface area contributed by atoms with Gasteiger partial charge in [0.15, 0.2) is 0 Å². The Balaban J connectivity index is 2.24. The van der Waals surface area contributed by atoms with Gasteiger partial charge in [-0.2, -0.15) is 0 Å². The summed E-state index contributed by atoms with van der Waals surface area (Å²) < 4.78 is 6.10. The highest BCUT2D eigenvalue weighted by Crippen LogP contribution is 2.20. The van der Waals surface area contributed by atoms with Crippen LogP contribution < -0.4 is 10.6 Å². The molecule has 0 heterocycles. The van der Waals surface area contributed by atoms with E-state index in [-0.39, 0.29) is 19.2 Å². The molecule has 0 aromatic heterocycles. The number of ether oxygens (including phenoxy) is 1. The average molecular weight is 345 g/mol. The Morgan fingerprint density at radius 1 is 1.35 bits per heavy atom. The molecule has 1 aromatic rings. The summed E-state index contributed by atoms with van der Waals surface area (Å²) in [6.45, 7) is 5.04. The smallest absolute Gasteiger partial charge is 0.319 e. The number of amides is 2. The van der Waals surface area contributed by atoms with Crippen molar-refractivity contribution in [2.75, 3.05) is 25.1 Å². The molecule has 2 amide bonds. The fourth-order valence-electron chi connectivity index (χ4n) is 1.44. The van der Waals surface area contributed by atoms with Gasteiger partial charge in [0.2, 0.25) is 0 Å². The second-order valence-corrected chi connectivity index (χ2v) is 5.75. The van der Waals surface area contributed by atoms with Gasteiger partial charge in [-0.1, -0.05) is 26.0 Å². The second kappa shape index (κ2) is 8.94. The van der Waals surface area contributed by atoms with Crippen molar-refractivity contribution >= 4 is 27.6 Å². The summed E-state index contributed by atoms with van der Waals surface area (Å²) in [6, 6.07) is 6.95. The van der Waals surface area contributed by atoms with Gasteiger partial charge in [0, 0.05) is 17.6 Å². The summed E-state index contributed by atoms with van der Waals surface area (Å²) >= 11 is 3.34. The van der Waals surface area contributed by atoms with Gasteiger partial charge in [-0.15, -0.1) is 0 Å². The number of benzene rings is 1. The van der Waals surface area contributed by atoms with Crippen molar-refractivity contribution in [2.24, 2.45) is 5.92 Å². The van der Waals surface area contributed by atoms with Crippen molar-refractivity contribution in [3.8, 4) is 0 Å². The highest BCUT2D eigenvalue weighted by atomic mass is 79.9. The van der Waals surface area contributed by atoms with E-state index in [1.54, 1.807) is 6.07 Å². The Kier molecular flexibility index (Phi) is 7.58. The van der Waals surface area contributed by atoms with Crippen LogP contribution in [0.5, 0.6) is 0 Å². The van der Waals surface area contributed by atoms with Crippen LogP contribution in [0.25, 0.3) is 0 Å². The molecule has 1 aromatic carbocycles. The molecule has 0 aliphatic heterocycles. The first-order valence-corrected chi connectivity index (χ1v) is 7.33. The number of hydrogen-bond acceptors (Lipinski definition) is 3. The number of para-hydroxylation sites is 1. The van der Waals surface area contributed by atoms with Crippen LogP contribution in [0.1, 0.15) is 13.8 Å². The van der Waals surface area contributed by atoms with Crippen LogP contribution in [0, 0.1) is 5.92 Å². The van der Waals surface area contributed by atoms with Crippen molar-refractivity contribution in [1.29, 1.82) is 0 Å². The molecule has 5 nitrogen and oxygen atoms in total. The minimum absolute atomic E-state index is 0.147. The predicted octanol–water partition coefficient (Wildman–Crippen LogP) is 2.60. The molecule has 0 saturated heterocycles. The maximum Gasteiger partial charge on any atom is 0.319 e. The van der Waals surface area contributed by atoms with Gasteiger partial charge >= 0.3 is 6.03 Å². The third kappa shape index (κ3) is 6.88. The van der Waals surface area contributed by atoms with E-state index in [1.165, 1.54) is 0 Å². The molecule has 0 fully saturated rings. The van der Waals surface area contributed by atoms with Gasteiger partial charge in [-0.3, -0.25) is 0 Å². The second-order valence-electron chi connectivity index (χ2n) is 4.90. The van der Waals surface area contributed by atoms with Crippen LogP contribution >= 0.6 is 15.9 Å². The molecule has 1 unspecified atom stereocenters. The summed E-state index contributed by atoms with van der Waals surface area (Å²) in [5.41, 5.74) is 0.676. The Labute approximate surface area is 127 Å². The first kappa shape index (κ1) is 16.9. The fraction of sp³-hybridized carbons (Fsp3) is 0.500. The molecule has 20 heavy (non-hydrogen) atoms. The highest BCUT2D eigenvalue weighted by molar-refractivity contribution is 9.10. The minimum Gasteiger partial charge on any atom is -0.389 e. The normalized spacial score (nSPS) is 12.2. The van der Waals surface area contributed by atoms with Crippen LogP contribution in [-0.2, 0) is 4.74 Å². The van der Waals surface area contributed by atoms with Crippen molar-refractivity contribution in [3.05, 3.63) is 28.7 Å². The third-order valence-corrected chi connectivity index (χ3v) is 3.07. The minimum atomic E-state index is -0.710. The first-order valence-electron chi connectivity index (χ1n) is 6.54. The number of aliphatic hydroxyl groups excluding tert-OH is 1. The number of rotatable bonds is 7. The third-order valence-electron chi connectivity index (χ3n) is 2.38. The number of nitrogens with one attached hydrogen (secondary N) is 2. The largest absolute Gasteiger partial charge is 0.389 e. The summed E-state index contributed by atoms with van der Waals surface area (Å²) in [5.74, 6) is 0.425. The van der Waals surface area contributed by atoms with E-state index in [0.29, 0.717) is 18.2 Å². The molecule has 0 bridgehead atoms. The standard InChI is InChI=1S/C14H21BrN2O3/c1-10(2)8-20-9-11(18)7-16-14(19)17-13-6-4-3-5-12(13)15/h3-6,10-11,18H,7-9H2,1-2H3,(H2,16,17,19). The number of hydrogen-bond donors (Lipinski definition) is 3. The van der Waals surface area contributed by atoms with Crippen LogP contribution in [0.3, 0.4) is 0 Å². The topological polar surface area (TPSA) is 70.6 Å². The van der Waals surface area contributed by atoms with E-state index in [2.05, 4.69) is 26.6 Å². The lowest BCUT2D eigenvalue weighted by Gasteiger charge is -2.14. The zero-order chi connectivity index (χ0) is 15.0. The lowest BCUT2D eigenvalue weighted by molar-refractivity contribution is 0.0274. The average Bonchev–Trinajstić information content (AvgIpc) is 2.39. The van der Waals surface area contributed by atoms with Gasteiger partial charge in [-0.25, -0.2) is 4.79 Å². The van der Waals surface area contributed by atoms with Gasteiger partial charge in [0.1, 0.15) is 0 Å².